The third kappa shape index (κ3) is 2.74. The molecule has 2 heterocycles. The number of hydrogen-bond acceptors (Lipinski definition) is 2. The summed E-state index contributed by atoms with van der Waals surface area (Å²) in [6.45, 7) is 5.09. The Morgan fingerprint density at radius 2 is 2.38 bits per heavy atom. The third-order valence-corrected chi connectivity index (χ3v) is 3.58. The number of rotatable bonds is 3. The fourth-order valence-corrected chi connectivity index (χ4v) is 2.59. The maximum Gasteiger partial charge on any atom is 0.0768 e. The van der Waals surface area contributed by atoms with Gasteiger partial charge in [0.1, 0.15) is 0 Å². The molecular formula is C13H18ClNO. The van der Waals surface area contributed by atoms with Crippen LogP contribution in [-0.2, 0) is 11.2 Å². The van der Waals surface area contributed by atoms with Crippen LogP contribution < -0.4 is 0 Å². The molecule has 0 aliphatic carbocycles. The van der Waals surface area contributed by atoms with E-state index in [1.54, 1.807) is 0 Å². The monoisotopic (exact) mass is 239 g/mol. The van der Waals surface area contributed by atoms with E-state index >= 15 is 0 Å². The first-order chi connectivity index (χ1) is 7.66. The van der Waals surface area contributed by atoms with Crippen LogP contribution >= 0.6 is 11.6 Å². The van der Waals surface area contributed by atoms with Crippen molar-refractivity contribution in [3.05, 3.63) is 29.6 Å². The first-order valence-corrected chi connectivity index (χ1v) is 6.27. The summed E-state index contributed by atoms with van der Waals surface area (Å²) < 4.78 is 5.66. The van der Waals surface area contributed by atoms with Crippen molar-refractivity contribution in [2.75, 3.05) is 6.61 Å². The van der Waals surface area contributed by atoms with Gasteiger partial charge in [-0.2, -0.15) is 0 Å². The lowest BCUT2D eigenvalue weighted by molar-refractivity contribution is 0.0901. The molecule has 0 N–H and O–H groups in total. The molecule has 16 heavy (non-hydrogen) atoms. The molecule has 0 saturated carbocycles. The lowest BCUT2D eigenvalue weighted by Crippen LogP contribution is -2.27. The van der Waals surface area contributed by atoms with Gasteiger partial charge in [-0.3, -0.25) is 4.98 Å². The fraction of sp³-hybridized carbons (Fsp3) is 0.615. The van der Waals surface area contributed by atoms with Crippen LogP contribution in [0.1, 0.15) is 24.6 Å². The Morgan fingerprint density at radius 3 is 2.94 bits per heavy atom. The lowest BCUT2D eigenvalue weighted by Gasteiger charge is -2.20. The second-order valence-electron chi connectivity index (χ2n) is 4.65. The Balaban J connectivity index is 1.96. The zero-order chi connectivity index (χ0) is 11.5. The summed E-state index contributed by atoms with van der Waals surface area (Å²) in [5, 5.41) is 0.0349. The molecule has 0 radical (unpaired) electrons. The maximum absolute atomic E-state index is 6.39. The normalized spacial score (nSPS) is 26.9. The molecule has 3 heteroatoms. The van der Waals surface area contributed by atoms with Gasteiger partial charge >= 0.3 is 0 Å². The topological polar surface area (TPSA) is 22.1 Å². The molecular weight excluding hydrogens is 222 g/mol. The summed E-state index contributed by atoms with van der Waals surface area (Å²) in [6.07, 6.45) is 3.98. The van der Waals surface area contributed by atoms with Crippen molar-refractivity contribution in [2.24, 2.45) is 5.92 Å². The van der Waals surface area contributed by atoms with Crippen LogP contribution in [-0.4, -0.2) is 23.1 Å². The molecule has 0 bridgehead atoms. The molecule has 1 saturated heterocycles. The van der Waals surface area contributed by atoms with Gasteiger partial charge in [-0.15, -0.1) is 11.6 Å². The molecule has 0 spiro atoms. The zero-order valence-electron chi connectivity index (χ0n) is 9.82. The number of alkyl halides is 1. The highest BCUT2D eigenvalue weighted by atomic mass is 35.5. The molecule has 0 amide bonds. The SMILES string of the molecule is Cc1ccc(CC(Cl)C2OCCC2C)nc1. The van der Waals surface area contributed by atoms with Gasteiger partial charge in [0.15, 0.2) is 0 Å². The Morgan fingerprint density at radius 1 is 1.56 bits per heavy atom. The first kappa shape index (κ1) is 11.9. The number of aryl methyl sites for hydroxylation is 1. The van der Waals surface area contributed by atoms with Crippen LogP contribution in [0.4, 0.5) is 0 Å². The average molecular weight is 240 g/mol. The zero-order valence-corrected chi connectivity index (χ0v) is 10.6. The molecule has 1 aliphatic heterocycles. The van der Waals surface area contributed by atoms with E-state index in [0.29, 0.717) is 5.92 Å². The lowest BCUT2D eigenvalue weighted by atomic mass is 9.98. The molecule has 1 fully saturated rings. The molecule has 2 rings (SSSR count). The highest BCUT2D eigenvalue weighted by Gasteiger charge is 2.30. The van der Waals surface area contributed by atoms with Gasteiger partial charge in [-0.25, -0.2) is 0 Å². The molecule has 0 aromatic carbocycles. The minimum atomic E-state index is 0.0349. The van der Waals surface area contributed by atoms with Gasteiger partial charge < -0.3 is 4.74 Å². The second-order valence-corrected chi connectivity index (χ2v) is 5.21. The van der Waals surface area contributed by atoms with Crippen LogP contribution in [0.25, 0.3) is 0 Å². The van der Waals surface area contributed by atoms with Crippen molar-refractivity contribution in [1.82, 2.24) is 4.98 Å². The van der Waals surface area contributed by atoms with Crippen molar-refractivity contribution < 1.29 is 4.74 Å². The van der Waals surface area contributed by atoms with E-state index in [-0.39, 0.29) is 11.5 Å². The molecule has 1 aromatic heterocycles. The van der Waals surface area contributed by atoms with Crippen LogP contribution in [0.2, 0.25) is 0 Å². The van der Waals surface area contributed by atoms with E-state index in [4.69, 9.17) is 16.3 Å². The van der Waals surface area contributed by atoms with Crippen molar-refractivity contribution in [3.8, 4) is 0 Å². The molecule has 2 nitrogen and oxygen atoms in total. The minimum absolute atomic E-state index is 0.0349. The summed E-state index contributed by atoms with van der Waals surface area (Å²) in [5.74, 6) is 0.563. The van der Waals surface area contributed by atoms with Crippen LogP contribution in [0, 0.1) is 12.8 Å². The minimum Gasteiger partial charge on any atom is -0.376 e. The van der Waals surface area contributed by atoms with E-state index in [2.05, 4.69) is 18.0 Å². The van der Waals surface area contributed by atoms with Gasteiger partial charge in [-0.05, 0) is 30.9 Å². The predicted octanol–water partition coefficient (Wildman–Crippen LogP) is 2.96. The second kappa shape index (κ2) is 5.15. The number of aromatic nitrogens is 1. The quantitative estimate of drug-likeness (QED) is 0.757. The van der Waals surface area contributed by atoms with E-state index in [9.17, 15) is 0 Å². The van der Waals surface area contributed by atoms with Crippen molar-refractivity contribution >= 4 is 11.6 Å². The van der Waals surface area contributed by atoms with Gasteiger partial charge in [0, 0.05) is 24.9 Å². The van der Waals surface area contributed by atoms with Gasteiger partial charge in [0.05, 0.1) is 11.5 Å². The highest BCUT2D eigenvalue weighted by molar-refractivity contribution is 6.21. The number of hydrogen-bond donors (Lipinski definition) is 0. The first-order valence-electron chi connectivity index (χ1n) is 5.84. The fourth-order valence-electron chi connectivity index (χ4n) is 2.11. The summed E-state index contributed by atoms with van der Waals surface area (Å²) in [5.41, 5.74) is 2.23. The molecule has 88 valence electrons. The summed E-state index contributed by atoms with van der Waals surface area (Å²) in [7, 11) is 0. The molecule has 1 aromatic rings. The number of nitrogens with zero attached hydrogens (tertiary/aromatic N) is 1. The predicted molar refractivity (Wildman–Crippen MR) is 65.8 cm³/mol. The van der Waals surface area contributed by atoms with Crippen LogP contribution in [0.15, 0.2) is 18.3 Å². The number of halogens is 1. The third-order valence-electron chi connectivity index (χ3n) is 3.18. The Hall–Kier alpha value is -0.600. The number of pyridine rings is 1. The van der Waals surface area contributed by atoms with E-state index in [1.165, 1.54) is 5.56 Å². The van der Waals surface area contributed by atoms with Crippen molar-refractivity contribution in [1.29, 1.82) is 0 Å². The Kier molecular flexibility index (Phi) is 3.82. The summed E-state index contributed by atoms with van der Waals surface area (Å²) in [4.78, 5) is 4.37. The Labute approximate surface area is 102 Å². The maximum atomic E-state index is 6.39. The van der Waals surface area contributed by atoms with E-state index in [1.807, 2.05) is 19.2 Å². The van der Waals surface area contributed by atoms with E-state index in [0.717, 1.165) is 25.1 Å². The number of ether oxygens (including phenoxy) is 1. The van der Waals surface area contributed by atoms with E-state index < -0.39 is 0 Å². The van der Waals surface area contributed by atoms with Crippen molar-refractivity contribution in [3.63, 3.8) is 0 Å². The van der Waals surface area contributed by atoms with Crippen LogP contribution in [0.3, 0.4) is 0 Å². The average Bonchev–Trinajstić information content (AvgIpc) is 2.68. The summed E-state index contributed by atoms with van der Waals surface area (Å²) >= 11 is 6.39. The Bertz CT molecular complexity index is 338. The standard InChI is InChI=1S/C13H18ClNO/c1-9-3-4-11(15-8-9)7-12(14)13-10(2)5-6-16-13/h3-4,8,10,12-13H,5-7H2,1-2H3. The van der Waals surface area contributed by atoms with Gasteiger partial charge in [0.2, 0.25) is 0 Å². The molecule has 3 atom stereocenters. The largest absolute Gasteiger partial charge is 0.376 e. The van der Waals surface area contributed by atoms with Crippen molar-refractivity contribution in [2.45, 2.75) is 38.2 Å². The molecule has 1 aliphatic rings. The molecule has 3 unspecified atom stereocenters. The smallest absolute Gasteiger partial charge is 0.0768 e. The van der Waals surface area contributed by atoms with Gasteiger partial charge in [0.25, 0.3) is 0 Å². The summed E-state index contributed by atoms with van der Waals surface area (Å²) in [6, 6.07) is 4.12. The highest BCUT2D eigenvalue weighted by Crippen LogP contribution is 2.27. The van der Waals surface area contributed by atoms with Gasteiger partial charge in [-0.1, -0.05) is 13.0 Å². The van der Waals surface area contributed by atoms with Crippen LogP contribution in [0.5, 0.6) is 0 Å².